The van der Waals surface area contributed by atoms with E-state index in [0.29, 0.717) is 5.75 Å². The molecule has 0 atom stereocenters. The minimum absolute atomic E-state index is 0.115. The molecular weight excluding hydrogens is 367 g/mol. The maximum Gasteiger partial charge on any atom is 0.255 e. The standard InChI is InChI=1S/C15H13IN2O2/c16-13-3-1-2-4-14(13)18-9-11-5-7-12(8-6-11)20-10-15(17)19/h1-9H,10H2,(H2,17,19). The molecule has 0 saturated carbocycles. The average molecular weight is 380 g/mol. The van der Waals surface area contributed by atoms with Crippen molar-refractivity contribution >= 4 is 40.4 Å². The van der Waals surface area contributed by atoms with Crippen molar-refractivity contribution in [3.05, 3.63) is 57.7 Å². The van der Waals surface area contributed by atoms with E-state index in [-0.39, 0.29) is 6.61 Å². The summed E-state index contributed by atoms with van der Waals surface area (Å²) in [6.07, 6.45) is 1.79. The van der Waals surface area contributed by atoms with Gasteiger partial charge in [-0.3, -0.25) is 9.79 Å². The highest BCUT2D eigenvalue weighted by Gasteiger charge is 1.98. The summed E-state index contributed by atoms with van der Waals surface area (Å²) in [7, 11) is 0. The summed E-state index contributed by atoms with van der Waals surface area (Å²) < 4.78 is 6.28. The van der Waals surface area contributed by atoms with Crippen LogP contribution in [0.15, 0.2) is 53.5 Å². The summed E-state index contributed by atoms with van der Waals surface area (Å²) in [6.45, 7) is -0.115. The fourth-order valence-electron chi connectivity index (χ4n) is 1.51. The molecule has 5 heteroatoms. The highest BCUT2D eigenvalue weighted by Crippen LogP contribution is 2.20. The first-order valence-electron chi connectivity index (χ1n) is 5.95. The van der Waals surface area contributed by atoms with E-state index in [0.717, 1.165) is 14.8 Å². The van der Waals surface area contributed by atoms with Crippen molar-refractivity contribution in [2.45, 2.75) is 0 Å². The quantitative estimate of drug-likeness (QED) is 0.641. The summed E-state index contributed by atoms with van der Waals surface area (Å²) in [4.78, 5) is 15.0. The molecule has 0 heterocycles. The number of amides is 1. The Balaban J connectivity index is 2.04. The normalized spacial score (nSPS) is 10.7. The Morgan fingerprint density at radius 3 is 2.55 bits per heavy atom. The number of nitrogens with two attached hydrogens (primary N) is 1. The third-order valence-electron chi connectivity index (χ3n) is 2.47. The van der Waals surface area contributed by atoms with Gasteiger partial charge in [0.25, 0.3) is 5.91 Å². The molecule has 102 valence electrons. The van der Waals surface area contributed by atoms with E-state index in [1.807, 2.05) is 36.4 Å². The Labute approximate surface area is 130 Å². The minimum atomic E-state index is -0.491. The van der Waals surface area contributed by atoms with Crippen molar-refractivity contribution in [3.63, 3.8) is 0 Å². The van der Waals surface area contributed by atoms with E-state index in [9.17, 15) is 4.79 Å². The molecule has 0 spiro atoms. The maximum atomic E-state index is 10.6. The molecule has 2 rings (SSSR count). The Kier molecular flexibility index (Phi) is 5.11. The molecule has 0 aromatic heterocycles. The topological polar surface area (TPSA) is 64.7 Å². The number of aliphatic imine (C=N–C) groups is 1. The van der Waals surface area contributed by atoms with Crippen LogP contribution in [0.2, 0.25) is 0 Å². The molecule has 0 fully saturated rings. The first-order valence-corrected chi connectivity index (χ1v) is 7.03. The fourth-order valence-corrected chi connectivity index (χ4v) is 2.03. The number of halogens is 1. The van der Waals surface area contributed by atoms with Gasteiger partial charge in [-0.2, -0.15) is 0 Å². The Hall–Kier alpha value is -1.89. The summed E-state index contributed by atoms with van der Waals surface area (Å²) >= 11 is 2.25. The van der Waals surface area contributed by atoms with Crippen LogP contribution in [-0.4, -0.2) is 18.7 Å². The SMILES string of the molecule is NC(=O)COc1ccc(C=Nc2ccccc2I)cc1. The van der Waals surface area contributed by atoms with E-state index in [1.165, 1.54) is 0 Å². The number of benzene rings is 2. The lowest BCUT2D eigenvalue weighted by Crippen LogP contribution is -2.19. The third kappa shape index (κ3) is 4.34. The van der Waals surface area contributed by atoms with Crippen LogP contribution in [0.25, 0.3) is 0 Å². The van der Waals surface area contributed by atoms with Crippen LogP contribution in [0.3, 0.4) is 0 Å². The molecule has 4 nitrogen and oxygen atoms in total. The molecule has 20 heavy (non-hydrogen) atoms. The van der Waals surface area contributed by atoms with Gasteiger partial charge in [-0.15, -0.1) is 0 Å². The van der Waals surface area contributed by atoms with Crippen molar-refractivity contribution in [1.29, 1.82) is 0 Å². The van der Waals surface area contributed by atoms with Gasteiger partial charge in [0, 0.05) is 9.78 Å². The van der Waals surface area contributed by atoms with Crippen molar-refractivity contribution in [2.24, 2.45) is 10.7 Å². The van der Waals surface area contributed by atoms with E-state index in [2.05, 4.69) is 27.6 Å². The Bertz CT molecular complexity index is 624. The number of primary amides is 1. The summed E-state index contributed by atoms with van der Waals surface area (Å²) in [5.74, 6) is 0.115. The molecule has 0 saturated heterocycles. The van der Waals surface area contributed by atoms with Crippen LogP contribution in [0, 0.1) is 3.57 Å². The smallest absolute Gasteiger partial charge is 0.255 e. The number of nitrogens with zero attached hydrogens (tertiary/aromatic N) is 1. The monoisotopic (exact) mass is 380 g/mol. The zero-order valence-corrected chi connectivity index (χ0v) is 12.8. The largest absolute Gasteiger partial charge is 0.484 e. The second-order valence-corrected chi connectivity index (χ2v) is 5.20. The molecular formula is C15H13IN2O2. The number of hydrogen-bond acceptors (Lipinski definition) is 3. The van der Waals surface area contributed by atoms with E-state index in [1.54, 1.807) is 18.3 Å². The molecule has 0 bridgehead atoms. The van der Waals surface area contributed by atoms with Crippen LogP contribution >= 0.6 is 22.6 Å². The maximum absolute atomic E-state index is 10.6. The van der Waals surface area contributed by atoms with E-state index >= 15 is 0 Å². The summed E-state index contributed by atoms with van der Waals surface area (Å²) in [5, 5.41) is 0. The first kappa shape index (κ1) is 14.5. The number of carbonyl (C=O) groups is 1. The second-order valence-electron chi connectivity index (χ2n) is 4.03. The predicted molar refractivity (Wildman–Crippen MR) is 87.5 cm³/mol. The van der Waals surface area contributed by atoms with Gasteiger partial charge < -0.3 is 10.5 Å². The summed E-state index contributed by atoms with van der Waals surface area (Å²) in [6, 6.07) is 15.2. The number of carbonyl (C=O) groups excluding carboxylic acids is 1. The molecule has 2 aromatic carbocycles. The third-order valence-corrected chi connectivity index (χ3v) is 3.38. The highest BCUT2D eigenvalue weighted by atomic mass is 127. The van der Waals surface area contributed by atoms with Crippen molar-refractivity contribution in [3.8, 4) is 5.75 Å². The van der Waals surface area contributed by atoms with Crippen LogP contribution in [0.4, 0.5) is 5.69 Å². The van der Waals surface area contributed by atoms with Crippen LogP contribution in [0.1, 0.15) is 5.56 Å². The van der Waals surface area contributed by atoms with E-state index < -0.39 is 5.91 Å². The van der Waals surface area contributed by atoms with Gasteiger partial charge >= 0.3 is 0 Å². The number of para-hydroxylation sites is 1. The fraction of sp³-hybridized carbons (Fsp3) is 0.0667. The van der Waals surface area contributed by atoms with Gasteiger partial charge in [-0.25, -0.2) is 0 Å². The van der Waals surface area contributed by atoms with Crippen molar-refractivity contribution < 1.29 is 9.53 Å². The van der Waals surface area contributed by atoms with Gasteiger partial charge in [-0.05, 0) is 64.6 Å². The van der Waals surface area contributed by atoms with E-state index in [4.69, 9.17) is 10.5 Å². The average Bonchev–Trinajstić information content (AvgIpc) is 2.45. The lowest BCUT2D eigenvalue weighted by molar-refractivity contribution is -0.119. The zero-order chi connectivity index (χ0) is 14.4. The van der Waals surface area contributed by atoms with Crippen LogP contribution in [-0.2, 0) is 4.79 Å². The van der Waals surface area contributed by atoms with Gasteiger partial charge in [0.15, 0.2) is 6.61 Å². The van der Waals surface area contributed by atoms with Gasteiger partial charge in [0.1, 0.15) is 5.75 Å². The van der Waals surface area contributed by atoms with Crippen LogP contribution in [0.5, 0.6) is 5.75 Å². The second kappa shape index (κ2) is 7.04. The molecule has 0 radical (unpaired) electrons. The molecule has 2 N–H and O–H groups in total. The lowest BCUT2D eigenvalue weighted by atomic mass is 10.2. The van der Waals surface area contributed by atoms with Gasteiger partial charge in [0.05, 0.1) is 5.69 Å². The number of rotatable bonds is 5. The highest BCUT2D eigenvalue weighted by molar-refractivity contribution is 14.1. The minimum Gasteiger partial charge on any atom is -0.484 e. The first-order chi connectivity index (χ1) is 9.65. The molecule has 0 unspecified atom stereocenters. The predicted octanol–water partition coefficient (Wildman–Crippen LogP) is 2.91. The van der Waals surface area contributed by atoms with Crippen molar-refractivity contribution in [2.75, 3.05) is 6.61 Å². The zero-order valence-electron chi connectivity index (χ0n) is 10.6. The molecule has 0 aliphatic carbocycles. The van der Waals surface area contributed by atoms with Gasteiger partial charge in [-0.1, -0.05) is 12.1 Å². The number of hydrogen-bond donors (Lipinski definition) is 1. The molecule has 2 aromatic rings. The molecule has 0 aliphatic rings. The Morgan fingerprint density at radius 2 is 1.90 bits per heavy atom. The Morgan fingerprint density at radius 1 is 1.20 bits per heavy atom. The van der Waals surface area contributed by atoms with Crippen LogP contribution < -0.4 is 10.5 Å². The summed E-state index contributed by atoms with van der Waals surface area (Å²) in [5.41, 5.74) is 6.90. The molecule has 1 amide bonds. The number of ether oxygens (including phenoxy) is 1. The van der Waals surface area contributed by atoms with Gasteiger partial charge in [0.2, 0.25) is 0 Å². The molecule has 0 aliphatic heterocycles. The van der Waals surface area contributed by atoms with Crippen molar-refractivity contribution in [1.82, 2.24) is 0 Å². The lowest BCUT2D eigenvalue weighted by Gasteiger charge is -2.03.